The first-order valence-electron chi connectivity index (χ1n) is 10.3. The SMILES string of the molecule is CC(=O)Nc1cccc(-n2cnnc2SCC(=O)c2cc(C)n(-c3ccc(F)c(Cl)c3)c2C)c1. The number of hydrogen-bond acceptors (Lipinski definition) is 5. The summed E-state index contributed by atoms with van der Waals surface area (Å²) < 4.78 is 17.2. The highest BCUT2D eigenvalue weighted by molar-refractivity contribution is 7.99. The second kappa shape index (κ2) is 9.82. The van der Waals surface area contributed by atoms with Gasteiger partial charge >= 0.3 is 0 Å². The topological polar surface area (TPSA) is 81.8 Å². The monoisotopic (exact) mass is 497 g/mol. The molecule has 0 spiro atoms. The number of nitrogens with one attached hydrogen (secondary N) is 1. The van der Waals surface area contributed by atoms with E-state index in [9.17, 15) is 14.0 Å². The van der Waals surface area contributed by atoms with Crippen LogP contribution in [0.15, 0.2) is 60.0 Å². The Morgan fingerprint density at radius 1 is 1.12 bits per heavy atom. The minimum Gasteiger partial charge on any atom is -0.326 e. The van der Waals surface area contributed by atoms with Gasteiger partial charge in [0, 0.05) is 35.2 Å². The molecule has 4 aromatic rings. The van der Waals surface area contributed by atoms with Crippen molar-refractivity contribution < 1.29 is 14.0 Å². The van der Waals surface area contributed by atoms with Crippen LogP contribution in [0, 0.1) is 19.7 Å². The fraction of sp³-hybridized carbons (Fsp3) is 0.167. The van der Waals surface area contributed by atoms with E-state index in [-0.39, 0.29) is 22.5 Å². The summed E-state index contributed by atoms with van der Waals surface area (Å²) in [6, 6.07) is 13.6. The van der Waals surface area contributed by atoms with Gasteiger partial charge < -0.3 is 9.88 Å². The fourth-order valence-corrected chi connectivity index (χ4v) is 4.70. The number of thioether (sulfide) groups is 1. The predicted molar refractivity (Wildman–Crippen MR) is 131 cm³/mol. The van der Waals surface area contributed by atoms with Gasteiger partial charge in [-0.15, -0.1) is 10.2 Å². The Morgan fingerprint density at radius 2 is 1.91 bits per heavy atom. The number of amides is 1. The first kappa shape index (κ1) is 23.7. The molecule has 1 amide bonds. The normalized spacial score (nSPS) is 11.0. The van der Waals surface area contributed by atoms with Gasteiger partial charge in [-0.3, -0.25) is 14.2 Å². The number of aromatic nitrogens is 4. The Bertz CT molecular complexity index is 1400. The summed E-state index contributed by atoms with van der Waals surface area (Å²) in [5.74, 6) is -0.577. The Kier molecular flexibility index (Phi) is 6.85. The highest BCUT2D eigenvalue weighted by Crippen LogP contribution is 2.27. The highest BCUT2D eigenvalue weighted by Gasteiger charge is 2.19. The van der Waals surface area contributed by atoms with Crippen molar-refractivity contribution in [3.8, 4) is 11.4 Å². The van der Waals surface area contributed by atoms with Gasteiger partial charge in [0.1, 0.15) is 12.1 Å². The Balaban J connectivity index is 1.53. The van der Waals surface area contributed by atoms with E-state index in [1.807, 2.05) is 36.6 Å². The van der Waals surface area contributed by atoms with Crippen LogP contribution in [0.4, 0.5) is 10.1 Å². The number of benzene rings is 2. The number of carbonyl (C=O) groups is 2. The molecular formula is C24H21ClFN5O2S. The third kappa shape index (κ3) is 4.90. The molecule has 0 atom stereocenters. The van der Waals surface area contributed by atoms with Crippen LogP contribution in [0.5, 0.6) is 0 Å². The molecule has 34 heavy (non-hydrogen) atoms. The Labute approximate surface area is 205 Å². The summed E-state index contributed by atoms with van der Waals surface area (Å²) in [6.07, 6.45) is 1.56. The number of halogens is 2. The maximum absolute atomic E-state index is 13.6. The second-order valence-corrected chi connectivity index (χ2v) is 9.00. The van der Waals surface area contributed by atoms with Crippen molar-refractivity contribution in [2.45, 2.75) is 25.9 Å². The van der Waals surface area contributed by atoms with E-state index >= 15 is 0 Å². The number of anilines is 1. The molecule has 2 aromatic heterocycles. The maximum atomic E-state index is 13.6. The molecular weight excluding hydrogens is 477 g/mol. The van der Waals surface area contributed by atoms with Crippen LogP contribution in [0.3, 0.4) is 0 Å². The van der Waals surface area contributed by atoms with Crippen LogP contribution in [0.2, 0.25) is 5.02 Å². The lowest BCUT2D eigenvalue weighted by atomic mass is 10.2. The van der Waals surface area contributed by atoms with Gasteiger partial charge in [0.25, 0.3) is 0 Å². The molecule has 0 aliphatic rings. The summed E-state index contributed by atoms with van der Waals surface area (Å²) in [4.78, 5) is 24.4. The van der Waals surface area contributed by atoms with Crippen molar-refractivity contribution in [3.05, 3.63) is 82.6 Å². The molecule has 2 heterocycles. The minimum absolute atomic E-state index is 0.0235. The lowest BCUT2D eigenvalue weighted by Gasteiger charge is -2.11. The zero-order valence-electron chi connectivity index (χ0n) is 18.7. The highest BCUT2D eigenvalue weighted by atomic mass is 35.5. The number of rotatable bonds is 7. The van der Waals surface area contributed by atoms with Crippen LogP contribution in [0.25, 0.3) is 11.4 Å². The lowest BCUT2D eigenvalue weighted by Crippen LogP contribution is -2.07. The summed E-state index contributed by atoms with van der Waals surface area (Å²) in [5, 5.41) is 11.4. The maximum Gasteiger partial charge on any atom is 0.221 e. The summed E-state index contributed by atoms with van der Waals surface area (Å²) in [6.45, 7) is 5.17. The standard InChI is InChI=1S/C24H21ClFN5O2S/c1-14-9-20(15(2)31(14)19-7-8-22(26)21(25)11-19)23(33)12-34-24-29-27-13-30(24)18-6-4-5-17(10-18)28-16(3)32/h4-11,13H,12H2,1-3H3,(H,28,32). The smallest absolute Gasteiger partial charge is 0.221 e. The van der Waals surface area contributed by atoms with Crippen LogP contribution >= 0.6 is 23.4 Å². The van der Waals surface area contributed by atoms with Gasteiger partial charge in [-0.2, -0.15) is 0 Å². The van der Waals surface area contributed by atoms with Crippen LogP contribution in [0.1, 0.15) is 28.7 Å². The molecule has 0 fully saturated rings. The van der Waals surface area contributed by atoms with E-state index in [1.54, 1.807) is 29.1 Å². The zero-order chi connectivity index (χ0) is 24.4. The van der Waals surface area contributed by atoms with Crippen molar-refractivity contribution in [2.75, 3.05) is 11.1 Å². The molecule has 0 saturated carbocycles. The largest absolute Gasteiger partial charge is 0.326 e. The summed E-state index contributed by atoms with van der Waals surface area (Å²) >= 11 is 7.22. The van der Waals surface area contributed by atoms with Gasteiger partial charge in [0.15, 0.2) is 10.9 Å². The van der Waals surface area contributed by atoms with E-state index in [0.29, 0.717) is 22.1 Å². The van der Waals surface area contributed by atoms with Gasteiger partial charge in [0.2, 0.25) is 5.91 Å². The first-order valence-corrected chi connectivity index (χ1v) is 11.7. The Morgan fingerprint density at radius 3 is 2.65 bits per heavy atom. The van der Waals surface area contributed by atoms with Crippen LogP contribution in [-0.4, -0.2) is 36.8 Å². The van der Waals surface area contributed by atoms with Gasteiger partial charge in [0.05, 0.1) is 16.5 Å². The van der Waals surface area contributed by atoms with Gasteiger partial charge in [-0.25, -0.2) is 4.39 Å². The van der Waals surface area contributed by atoms with E-state index in [0.717, 1.165) is 17.1 Å². The molecule has 10 heteroatoms. The second-order valence-electron chi connectivity index (χ2n) is 7.65. The minimum atomic E-state index is -0.493. The number of carbonyl (C=O) groups excluding carboxylic acids is 2. The molecule has 0 aliphatic heterocycles. The molecule has 2 aromatic carbocycles. The third-order valence-electron chi connectivity index (χ3n) is 5.19. The summed E-state index contributed by atoms with van der Waals surface area (Å²) in [7, 11) is 0. The predicted octanol–water partition coefficient (Wildman–Crippen LogP) is 5.40. The van der Waals surface area contributed by atoms with E-state index in [4.69, 9.17) is 11.6 Å². The quantitative estimate of drug-likeness (QED) is 0.273. The molecule has 7 nitrogen and oxygen atoms in total. The van der Waals surface area contributed by atoms with Crippen LogP contribution < -0.4 is 5.32 Å². The number of nitrogens with zero attached hydrogens (tertiary/aromatic N) is 4. The number of aryl methyl sites for hydroxylation is 1. The lowest BCUT2D eigenvalue weighted by molar-refractivity contribution is -0.114. The fourth-order valence-electron chi connectivity index (χ4n) is 3.71. The van der Waals surface area contributed by atoms with E-state index in [2.05, 4.69) is 15.5 Å². The van der Waals surface area contributed by atoms with Crippen molar-refractivity contribution in [1.29, 1.82) is 0 Å². The van der Waals surface area contributed by atoms with Crippen molar-refractivity contribution in [3.63, 3.8) is 0 Å². The van der Waals surface area contributed by atoms with Gasteiger partial charge in [-0.05, 0) is 56.3 Å². The Hall–Kier alpha value is -3.43. The van der Waals surface area contributed by atoms with Crippen molar-refractivity contribution >= 4 is 40.7 Å². The van der Waals surface area contributed by atoms with Crippen molar-refractivity contribution in [2.24, 2.45) is 0 Å². The molecule has 0 unspecified atom stereocenters. The molecule has 1 N–H and O–H groups in total. The summed E-state index contributed by atoms with van der Waals surface area (Å²) in [5.41, 5.74) is 4.26. The third-order valence-corrected chi connectivity index (χ3v) is 6.42. The molecule has 174 valence electrons. The number of ketones is 1. The van der Waals surface area contributed by atoms with E-state index < -0.39 is 5.82 Å². The molecule has 0 radical (unpaired) electrons. The number of hydrogen-bond donors (Lipinski definition) is 1. The average molecular weight is 498 g/mol. The molecule has 0 bridgehead atoms. The van der Waals surface area contributed by atoms with E-state index in [1.165, 1.54) is 30.8 Å². The molecule has 0 aliphatic carbocycles. The average Bonchev–Trinajstić information content (AvgIpc) is 3.38. The molecule has 0 saturated heterocycles. The van der Waals surface area contributed by atoms with Gasteiger partial charge in [-0.1, -0.05) is 29.4 Å². The van der Waals surface area contributed by atoms with Crippen molar-refractivity contribution in [1.82, 2.24) is 19.3 Å². The van der Waals surface area contributed by atoms with Crippen LogP contribution in [-0.2, 0) is 4.79 Å². The zero-order valence-corrected chi connectivity index (χ0v) is 20.2. The first-order chi connectivity index (χ1) is 16.2. The number of Topliss-reactive ketones (excluding diaryl/α,β-unsaturated/α-hetero) is 1. The molecule has 4 rings (SSSR count).